The van der Waals surface area contributed by atoms with Gasteiger partial charge in [0.05, 0.1) is 5.69 Å². The van der Waals surface area contributed by atoms with Crippen LogP contribution in [0.2, 0.25) is 0 Å². The number of carbonyl (C=O) groups is 1. The van der Waals surface area contributed by atoms with Gasteiger partial charge in [0, 0.05) is 19.0 Å². The molecule has 0 radical (unpaired) electrons. The third kappa shape index (κ3) is 3.30. The van der Waals surface area contributed by atoms with E-state index in [9.17, 15) is 9.90 Å². The summed E-state index contributed by atoms with van der Waals surface area (Å²) in [6.45, 7) is 5.52. The quantitative estimate of drug-likeness (QED) is 0.768. The molecule has 2 aromatic carbocycles. The van der Waals surface area contributed by atoms with E-state index in [-0.39, 0.29) is 5.69 Å². The van der Waals surface area contributed by atoms with Crippen LogP contribution in [0.4, 0.5) is 5.82 Å². The van der Waals surface area contributed by atoms with Gasteiger partial charge in [-0.05, 0) is 37.5 Å². The molecular formula is C21H22N4O2. The predicted octanol–water partition coefficient (Wildman–Crippen LogP) is 3.58. The molecule has 6 heteroatoms. The second-order valence-corrected chi connectivity index (χ2v) is 7.10. The molecule has 0 amide bonds. The van der Waals surface area contributed by atoms with Crippen molar-refractivity contribution in [2.75, 3.05) is 18.0 Å². The third-order valence-electron chi connectivity index (χ3n) is 5.13. The lowest BCUT2D eigenvalue weighted by Crippen LogP contribution is -2.22. The number of benzene rings is 2. The lowest BCUT2D eigenvalue weighted by Gasteiger charge is -2.16. The van der Waals surface area contributed by atoms with Crippen molar-refractivity contribution in [3.05, 3.63) is 70.9 Å². The fourth-order valence-corrected chi connectivity index (χ4v) is 3.74. The van der Waals surface area contributed by atoms with E-state index in [2.05, 4.69) is 22.3 Å². The first-order valence-electron chi connectivity index (χ1n) is 9.11. The van der Waals surface area contributed by atoms with Crippen molar-refractivity contribution in [3.8, 4) is 5.69 Å². The summed E-state index contributed by atoms with van der Waals surface area (Å²) in [5.74, 6) is -0.232. The summed E-state index contributed by atoms with van der Waals surface area (Å²) >= 11 is 0. The van der Waals surface area contributed by atoms with E-state index in [1.165, 1.54) is 10.4 Å². The van der Waals surface area contributed by atoms with Crippen LogP contribution in [0.25, 0.3) is 5.69 Å². The number of aromatic carboxylic acids is 1. The molecular weight excluding hydrogens is 340 g/mol. The number of carboxylic acid groups (broad SMARTS) is 1. The number of rotatable bonds is 4. The number of hydrogen-bond acceptors (Lipinski definition) is 4. The first-order valence-corrected chi connectivity index (χ1v) is 9.11. The van der Waals surface area contributed by atoms with Crippen LogP contribution in [0.1, 0.15) is 39.5 Å². The molecule has 1 fully saturated rings. The molecule has 1 unspecified atom stereocenters. The van der Waals surface area contributed by atoms with E-state index in [0.717, 1.165) is 36.3 Å². The zero-order valence-corrected chi connectivity index (χ0v) is 15.5. The second-order valence-electron chi connectivity index (χ2n) is 7.10. The molecule has 4 rings (SSSR count). The molecule has 1 N–H and O–H groups in total. The molecule has 0 aliphatic carbocycles. The molecule has 0 saturated carbocycles. The van der Waals surface area contributed by atoms with E-state index < -0.39 is 5.97 Å². The van der Waals surface area contributed by atoms with Crippen LogP contribution >= 0.6 is 0 Å². The van der Waals surface area contributed by atoms with E-state index in [0.29, 0.717) is 11.7 Å². The molecule has 1 aromatic heterocycles. The van der Waals surface area contributed by atoms with Gasteiger partial charge in [0.1, 0.15) is 0 Å². The zero-order chi connectivity index (χ0) is 19.0. The maximum Gasteiger partial charge on any atom is 0.360 e. The average Bonchev–Trinajstić information content (AvgIpc) is 3.29. The van der Waals surface area contributed by atoms with Gasteiger partial charge in [-0.3, -0.25) is 0 Å². The van der Waals surface area contributed by atoms with Crippen molar-refractivity contribution in [1.29, 1.82) is 0 Å². The van der Waals surface area contributed by atoms with Crippen LogP contribution in [0.15, 0.2) is 48.5 Å². The number of aromatic nitrogens is 3. The predicted molar refractivity (Wildman–Crippen MR) is 104 cm³/mol. The Bertz CT molecular complexity index is 981. The minimum Gasteiger partial charge on any atom is -0.476 e. The Hall–Kier alpha value is -3.15. The lowest BCUT2D eigenvalue weighted by atomic mass is 9.99. The summed E-state index contributed by atoms with van der Waals surface area (Å²) < 4.78 is 0. The Balaban J connectivity index is 1.67. The Kier molecular flexibility index (Phi) is 4.39. The van der Waals surface area contributed by atoms with Crippen molar-refractivity contribution in [3.63, 3.8) is 0 Å². The molecule has 27 heavy (non-hydrogen) atoms. The van der Waals surface area contributed by atoms with Crippen LogP contribution in [0.3, 0.4) is 0 Å². The summed E-state index contributed by atoms with van der Waals surface area (Å²) in [5, 5.41) is 18.5. The molecule has 138 valence electrons. The fourth-order valence-electron chi connectivity index (χ4n) is 3.74. The van der Waals surface area contributed by atoms with E-state index in [4.69, 9.17) is 0 Å². The Morgan fingerprint density at radius 3 is 2.59 bits per heavy atom. The van der Waals surface area contributed by atoms with Crippen LogP contribution in [-0.4, -0.2) is 39.2 Å². The van der Waals surface area contributed by atoms with Crippen LogP contribution in [0, 0.1) is 13.8 Å². The minimum absolute atomic E-state index is 0.00341. The normalized spacial score (nSPS) is 16.7. The summed E-state index contributed by atoms with van der Waals surface area (Å²) in [6, 6.07) is 16.3. The summed E-state index contributed by atoms with van der Waals surface area (Å²) in [7, 11) is 0. The molecule has 6 nitrogen and oxygen atoms in total. The third-order valence-corrected chi connectivity index (χ3v) is 5.13. The molecule has 1 atom stereocenters. The van der Waals surface area contributed by atoms with Gasteiger partial charge in [-0.15, -0.1) is 15.0 Å². The maximum atomic E-state index is 11.8. The summed E-state index contributed by atoms with van der Waals surface area (Å²) in [5.41, 5.74) is 4.24. The molecule has 0 bridgehead atoms. The van der Waals surface area contributed by atoms with E-state index in [1.807, 2.05) is 55.1 Å². The highest BCUT2D eigenvalue weighted by Gasteiger charge is 2.30. The van der Waals surface area contributed by atoms with Gasteiger partial charge in [0.15, 0.2) is 5.82 Å². The number of nitrogens with zero attached hydrogens (tertiary/aromatic N) is 4. The SMILES string of the molecule is Cc1ccc(-n2nc(C(=O)O)c(N3CCC(c4ccccc4)C3)n2)c(C)c1. The van der Waals surface area contributed by atoms with Crippen molar-refractivity contribution < 1.29 is 9.90 Å². The van der Waals surface area contributed by atoms with Crippen molar-refractivity contribution in [1.82, 2.24) is 15.0 Å². The van der Waals surface area contributed by atoms with Gasteiger partial charge in [0.25, 0.3) is 0 Å². The highest BCUT2D eigenvalue weighted by atomic mass is 16.4. The Morgan fingerprint density at radius 1 is 1.11 bits per heavy atom. The topological polar surface area (TPSA) is 71.2 Å². The molecule has 3 aromatic rings. The molecule has 1 aliphatic rings. The minimum atomic E-state index is -1.05. The van der Waals surface area contributed by atoms with Crippen LogP contribution in [-0.2, 0) is 0 Å². The monoisotopic (exact) mass is 362 g/mol. The second kappa shape index (κ2) is 6.87. The van der Waals surface area contributed by atoms with Crippen molar-refractivity contribution in [2.45, 2.75) is 26.2 Å². The van der Waals surface area contributed by atoms with Crippen molar-refractivity contribution in [2.24, 2.45) is 0 Å². The van der Waals surface area contributed by atoms with Crippen LogP contribution < -0.4 is 4.90 Å². The van der Waals surface area contributed by atoms with Gasteiger partial charge >= 0.3 is 5.97 Å². The zero-order valence-electron chi connectivity index (χ0n) is 15.5. The number of aryl methyl sites for hydroxylation is 2. The molecule has 2 heterocycles. The number of carboxylic acids is 1. The van der Waals surface area contributed by atoms with E-state index >= 15 is 0 Å². The first kappa shape index (κ1) is 17.3. The van der Waals surface area contributed by atoms with Gasteiger partial charge in [0.2, 0.25) is 5.69 Å². The fraction of sp³-hybridized carbons (Fsp3) is 0.286. The number of anilines is 1. The molecule has 1 saturated heterocycles. The van der Waals surface area contributed by atoms with Gasteiger partial charge in [-0.2, -0.15) is 0 Å². The first-order chi connectivity index (χ1) is 13.0. The van der Waals surface area contributed by atoms with Gasteiger partial charge in [-0.25, -0.2) is 4.79 Å². The largest absolute Gasteiger partial charge is 0.476 e. The molecule has 0 spiro atoms. The lowest BCUT2D eigenvalue weighted by molar-refractivity contribution is 0.0690. The van der Waals surface area contributed by atoms with Crippen LogP contribution in [0.5, 0.6) is 0 Å². The standard InChI is InChI=1S/C21H22N4O2/c1-14-8-9-18(15(2)12-14)25-22-19(21(26)27)20(23-25)24-11-10-17(13-24)16-6-4-3-5-7-16/h3-9,12,17H,10-11,13H2,1-2H3,(H,26,27). The number of hydrogen-bond donors (Lipinski definition) is 1. The average molecular weight is 362 g/mol. The Morgan fingerprint density at radius 2 is 1.89 bits per heavy atom. The maximum absolute atomic E-state index is 11.8. The van der Waals surface area contributed by atoms with Crippen molar-refractivity contribution >= 4 is 11.8 Å². The van der Waals surface area contributed by atoms with E-state index in [1.54, 1.807) is 0 Å². The van der Waals surface area contributed by atoms with Gasteiger partial charge in [-0.1, -0.05) is 48.0 Å². The van der Waals surface area contributed by atoms with Gasteiger partial charge < -0.3 is 10.0 Å². The Labute approximate surface area is 158 Å². The smallest absolute Gasteiger partial charge is 0.360 e. The highest BCUT2D eigenvalue weighted by molar-refractivity contribution is 5.91. The summed E-state index contributed by atoms with van der Waals surface area (Å²) in [4.78, 5) is 15.3. The molecule has 1 aliphatic heterocycles. The highest BCUT2D eigenvalue weighted by Crippen LogP contribution is 2.31. The summed E-state index contributed by atoms with van der Waals surface area (Å²) in [6.07, 6.45) is 0.972.